The highest BCUT2D eigenvalue weighted by Gasteiger charge is 2.36. The molecular formula is C12H23I. The summed E-state index contributed by atoms with van der Waals surface area (Å²) in [4.78, 5) is 0. The van der Waals surface area contributed by atoms with Crippen LogP contribution < -0.4 is 0 Å². The Morgan fingerprint density at radius 2 is 1.62 bits per heavy atom. The highest BCUT2D eigenvalue weighted by atomic mass is 127. The summed E-state index contributed by atoms with van der Waals surface area (Å²) in [6.45, 7) is 7.18. The van der Waals surface area contributed by atoms with Gasteiger partial charge in [0.15, 0.2) is 0 Å². The molecule has 0 spiro atoms. The predicted octanol–water partition coefficient (Wildman–Crippen LogP) is 4.81. The SMILES string of the molecule is CCCC1(CI)CCC(C)(C)CC1. The molecule has 0 aromatic carbocycles. The molecule has 13 heavy (non-hydrogen) atoms. The molecule has 0 bridgehead atoms. The topological polar surface area (TPSA) is 0 Å². The van der Waals surface area contributed by atoms with Crippen LogP contribution in [0.4, 0.5) is 0 Å². The van der Waals surface area contributed by atoms with Crippen LogP contribution in [0, 0.1) is 10.8 Å². The standard InChI is InChI=1S/C12H23I/c1-4-5-12(10-13)8-6-11(2,3)7-9-12/h4-10H2,1-3H3. The van der Waals surface area contributed by atoms with E-state index in [4.69, 9.17) is 0 Å². The molecule has 0 heterocycles. The van der Waals surface area contributed by atoms with Crippen molar-refractivity contribution in [2.75, 3.05) is 4.43 Å². The molecule has 0 nitrogen and oxygen atoms in total. The van der Waals surface area contributed by atoms with Crippen LogP contribution in [0.1, 0.15) is 59.3 Å². The maximum absolute atomic E-state index is 2.59. The summed E-state index contributed by atoms with van der Waals surface area (Å²) in [5, 5.41) is 0. The largest absolute Gasteiger partial charge is 0.0858 e. The van der Waals surface area contributed by atoms with Crippen molar-refractivity contribution in [1.82, 2.24) is 0 Å². The molecule has 1 saturated carbocycles. The molecule has 0 N–H and O–H groups in total. The van der Waals surface area contributed by atoms with Gasteiger partial charge in [-0.25, -0.2) is 0 Å². The lowest BCUT2D eigenvalue weighted by Crippen LogP contribution is -2.32. The molecule has 1 aliphatic rings. The number of hydrogen-bond donors (Lipinski definition) is 0. The van der Waals surface area contributed by atoms with Crippen molar-refractivity contribution < 1.29 is 0 Å². The first kappa shape index (κ1) is 11.8. The average Bonchev–Trinajstić information content (AvgIpc) is 2.10. The molecule has 0 radical (unpaired) electrons. The number of rotatable bonds is 3. The molecule has 1 rings (SSSR count). The molecule has 0 unspecified atom stereocenters. The van der Waals surface area contributed by atoms with E-state index in [0.29, 0.717) is 10.8 Å². The molecule has 0 aromatic heterocycles. The van der Waals surface area contributed by atoms with Gasteiger partial charge in [-0.3, -0.25) is 0 Å². The van der Waals surface area contributed by atoms with Gasteiger partial charge in [-0.2, -0.15) is 0 Å². The van der Waals surface area contributed by atoms with Gasteiger partial charge < -0.3 is 0 Å². The Kier molecular flexibility index (Phi) is 4.09. The van der Waals surface area contributed by atoms with Gasteiger partial charge in [0.2, 0.25) is 0 Å². The smallest absolute Gasteiger partial charge is 0.00520 e. The molecule has 0 atom stereocenters. The maximum atomic E-state index is 2.59. The fourth-order valence-electron chi connectivity index (χ4n) is 2.44. The van der Waals surface area contributed by atoms with Crippen LogP contribution in [-0.2, 0) is 0 Å². The highest BCUT2D eigenvalue weighted by molar-refractivity contribution is 14.1. The minimum atomic E-state index is 0.628. The zero-order valence-corrected chi connectivity index (χ0v) is 11.5. The lowest BCUT2D eigenvalue weighted by Gasteiger charge is -2.43. The summed E-state index contributed by atoms with van der Waals surface area (Å²) in [5.41, 5.74) is 1.34. The third-order valence-electron chi connectivity index (χ3n) is 3.73. The number of alkyl halides is 1. The van der Waals surface area contributed by atoms with Gasteiger partial charge in [-0.1, -0.05) is 49.8 Å². The Hall–Kier alpha value is 0.730. The Bertz CT molecular complexity index is 151. The van der Waals surface area contributed by atoms with Crippen LogP contribution in [0.2, 0.25) is 0 Å². The van der Waals surface area contributed by atoms with Gasteiger partial charge >= 0.3 is 0 Å². The van der Waals surface area contributed by atoms with Crippen LogP contribution in [0.5, 0.6) is 0 Å². The zero-order valence-electron chi connectivity index (χ0n) is 9.33. The number of halogens is 1. The quantitative estimate of drug-likeness (QED) is 0.517. The summed E-state index contributed by atoms with van der Waals surface area (Å²) in [5.74, 6) is 0. The molecular weight excluding hydrogens is 271 g/mol. The van der Waals surface area contributed by atoms with Crippen molar-refractivity contribution in [3.05, 3.63) is 0 Å². The Labute approximate surface area is 97.0 Å². The van der Waals surface area contributed by atoms with E-state index in [1.807, 2.05) is 0 Å². The third kappa shape index (κ3) is 3.10. The second-order valence-electron chi connectivity index (χ2n) is 5.55. The summed E-state index contributed by atoms with van der Waals surface area (Å²) in [6.07, 6.45) is 8.63. The highest BCUT2D eigenvalue weighted by Crippen LogP contribution is 2.48. The lowest BCUT2D eigenvalue weighted by atomic mass is 9.64. The summed E-state index contributed by atoms with van der Waals surface area (Å²) >= 11 is 2.59. The van der Waals surface area contributed by atoms with Crippen LogP contribution in [0.3, 0.4) is 0 Å². The van der Waals surface area contributed by atoms with Crippen molar-refractivity contribution >= 4 is 22.6 Å². The fourth-order valence-corrected chi connectivity index (χ4v) is 3.58. The molecule has 1 aliphatic carbocycles. The van der Waals surface area contributed by atoms with E-state index in [1.54, 1.807) is 0 Å². The second kappa shape index (κ2) is 4.50. The minimum Gasteiger partial charge on any atom is -0.0858 e. The van der Waals surface area contributed by atoms with Crippen LogP contribution in [-0.4, -0.2) is 4.43 Å². The monoisotopic (exact) mass is 294 g/mol. The molecule has 78 valence electrons. The van der Waals surface area contributed by atoms with E-state index in [9.17, 15) is 0 Å². The van der Waals surface area contributed by atoms with Crippen LogP contribution in [0.15, 0.2) is 0 Å². The van der Waals surface area contributed by atoms with Gasteiger partial charge in [0.05, 0.1) is 0 Å². The van der Waals surface area contributed by atoms with E-state index >= 15 is 0 Å². The average molecular weight is 294 g/mol. The van der Waals surface area contributed by atoms with Crippen molar-refractivity contribution in [1.29, 1.82) is 0 Å². The van der Waals surface area contributed by atoms with Crippen LogP contribution in [0.25, 0.3) is 0 Å². The lowest BCUT2D eigenvalue weighted by molar-refractivity contribution is 0.115. The number of hydrogen-bond acceptors (Lipinski definition) is 0. The Morgan fingerprint density at radius 3 is 2.00 bits per heavy atom. The Balaban J connectivity index is 2.52. The first-order chi connectivity index (χ1) is 6.04. The molecule has 0 aliphatic heterocycles. The zero-order chi connectivity index (χ0) is 9.95. The second-order valence-corrected chi connectivity index (χ2v) is 6.31. The summed E-state index contributed by atoms with van der Waals surface area (Å²) in [7, 11) is 0. The third-order valence-corrected chi connectivity index (χ3v) is 5.35. The molecule has 1 heteroatoms. The van der Waals surface area contributed by atoms with E-state index < -0.39 is 0 Å². The minimum absolute atomic E-state index is 0.628. The van der Waals surface area contributed by atoms with Crippen LogP contribution >= 0.6 is 22.6 Å². The van der Waals surface area contributed by atoms with E-state index in [-0.39, 0.29) is 0 Å². The van der Waals surface area contributed by atoms with Gasteiger partial charge in [0, 0.05) is 4.43 Å². The van der Waals surface area contributed by atoms with E-state index in [1.165, 1.54) is 43.0 Å². The van der Waals surface area contributed by atoms with Crippen molar-refractivity contribution in [3.63, 3.8) is 0 Å². The van der Waals surface area contributed by atoms with E-state index in [0.717, 1.165) is 0 Å². The summed E-state index contributed by atoms with van der Waals surface area (Å²) < 4.78 is 1.37. The summed E-state index contributed by atoms with van der Waals surface area (Å²) in [6, 6.07) is 0. The van der Waals surface area contributed by atoms with Crippen molar-refractivity contribution in [2.24, 2.45) is 10.8 Å². The molecule has 0 amide bonds. The van der Waals surface area contributed by atoms with Crippen molar-refractivity contribution in [3.8, 4) is 0 Å². The van der Waals surface area contributed by atoms with Crippen molar-refractivity contribution in [2.45, 2.75) is 59.3 Å². The van der Waals surface area contributed by atoms with Gasteiger partial charge in [0.1, 0.15) is 0 Å². The first-order valence-corrected chi connectivity index (χ1v) is 7.12. The van der Waals surface area contributed by atoms with Gasteiger partial charge in [-0.05, 0) is 42.9 Å². The first-order valence-electron chi connectivity index (χ1n) is 5.60. The van der Waals surface area contributed by atoms with Gasteiger partial charge in [-0.15, -0.1) is 0 Å². The van der Waals surface area contributed by atoms with Gasteiger partial charge in [0.25, 0.3) is 0 Å². The van der Waals surface area contributed by atoms with E-state index in [2.05, 4.69) is 43.4 Å². The molecule has 1 fully saturated rings. The molecule has 0 saturated heterocycles. The predicted molar refractivity (Wildman–Crippen MR) is 68.5 cm³/mol. The Morgan fingerprint density at radius 1 is 1.08 bits per heavy atom. The molecule has 0 aromatic rings. The normalized spacial score (nSPS) is 25.8. The fraction of sp³-hybridized carbons (Fsp3) is 1.00. The maximum Gasteiger partial charge on any atom is 0.00520 e.